The Kier molecular flexibility index (Phi) is 3.64. The lowest BCUT2D eigenvalue weighted by Crippen LogP contribution is -2.21. The Labute approximate surface area is 76.5 Å². The normalized spacial score (nSPS) is 30.1. The summed E-state index contributed by atoms with van der Waals surface area (Å²) in [6.07, 6.45) is 1.39. The maximum Gasteiger partial charge on any atom is 0.102 e. The van der Waals surface area contributed by atoms with Gasteiger partial charge in [0.25, 0.3) is 0 Å². The topological polar surface area (TPSA) is 81.7 Å². The zero-order chi connectivity index (χ0) is 9.90. The predicted molar refractivity (Wildman–Crippen MR) is 41.9 cm³/mol. The molecule has 1 saturated heterocycles. The lowest BCUT2D eigenvalue weighted by Gasteiger charge is -2.25. The summed E-state index contributed by atoms with van der Waals surface area (Å²) < 4.78 is 20.4. The summed E-state index contributed by atoms with van der Waals surface area (Å²) in [5, 5.41) is 0. The molecule has 0 N–H and O–H groups in total. The van der Waals surface area contributed by atoms with Gasteiger partial charge in [0.1, 0.15) is 6.10 Å². The van der Waals surface area contributed by atoms with Crippen molar-refractivity contribution in [1.29, 1.82) is 0 Å². The molecular formula is C7H11O5P-2. The van der Waals surface area contributed by atoms with Crippen LogP contribution in [0.3, 0.4) is 0 Å². The molecule has 0 unspecified atom stereocenters. The van der Waals surface area contributed by atoms with Crippen molar-refractivity contribution in [3.63, 3.8) is 0 Å². The highest BCUT2D eigenvalue weighted by Gasteiger charge is 2.25. The van der Waals surface area contributed by atoms with Crippen LogP contribution < -0.4 is 9.79 Å². The maximum atomic E-state index is 10.3. The van der Waals surface area contributed by atoms with Crippen LogP contribution in [0, 0.1) is 0 Å². The van der Waals surface area contributed by atoms with Crippen LogP contribution in [0.4, 0.5) is 0 Å². The van der Waals surface area contributed by atoms with E-state index in [0.717, 1.165) is 0 Å². The quantitative estimate of drug-likeness (QED) is 0.565. The van der Waals surface area contributed by atoms with Gasteiger partial charge in [-0.2, -0.15) is 0 Å². The third-order valence-electron chi connectivity index (χ3n) is 1.84. The van der Waals surface area contributed by atoms with Gasteiger partial charge in [-0.05, 0) is 14.0 Å². The second kappa shape index (κ2) is 4.35. The van der Waals surface area contributed by atoms with Crippen LogP contribution in [0.5, 0.6) is 0 Å². The Hall–Kier alpha value is -0.190. The third-order valence-corrected chi connectivity index (χ3v) is 2.38. The summed E-state index contributed by atoms with van der Waals surface area (Å²) in [5.41, 5.74) is 0. The van der Waals surface area contributed by atoms with Crippen LogP contribution in [0.1, 0.15) is 6.42 Å². The van der Waals surface area contributed by atoms with E-state index in [1.54, 1.807) is 0 Å². The van der Waals surface area contributed by atoms with Crippen molar-refractivity contribution in [3.8, 4) is 0 Å². The Bertz CT molecular complexity index is 233. The van der Waals surface area contributed by atoms with Gasteiger partial charge in [0.15, 0.2) is 0 Å². The number of hydrogen-bond acceptors (Lipinski definition) is 5. The molecule has 0 aromatic rings. The zero-order valence-electron chi connectivity index (χ0n) is 7.21. The molecule has 0 bridgehead atoms. The summed E-state index contributed by atoms with van der Waals surface area (Å²) >= 11 is 0. The van der Waals surface area contributed by atoms with Gasteiger partial charge in [0.2, 0.25) is 0 Å². The zero-order valence-corrected chi connectivity index (χ0v) is 8.11. The fourth-order valence-electron chi connectivity index (χ4n) is 1.21. The molecular weight excluding hydrogens is 195 g/mol. The summed E-state index contributed by atoms with van der Waals surface area (Å²) in [7, 11) is -3.05. The van der Waals surface area contributed by atoms with Gasteiger partial charge in [-0.3, -0.25) is 0 Å². The second-order valence-electron chi connectivity index (χ2n) is 2.78. The van der Waals surface area contributed by atoms with Crippen molar-refractivity contribution < 1.29 is 23.8 Å². The van der Waals surface area contributed by atoms with E-state index in [-0.39, 0.29) is 6.10 Å². The second-order valence-corrected chi connectivity index (χ2v) is 4.16. The number of hydrogen-bond donors (Lipinski definition) is 0. The van der Waals surface area contributed by atoms with Gasteiger partial charge in [0.05, 0.1) is 12.7 Å². The molecule has 1 rings (SSSR count). The SMILES string of the molecule is CO[C@@H]1CCO[C@@H]1/C=C/P(=O)([O-])[O-]. The minimum Gasteiger partial charge on any atom is -0.808 e. The first-order valence-corrected chi connectivity index (χ1v) is 5.49. The summed E-state index contributed by atoms with van der Waals surface area (Å²) in [6.45, 7) is 0.523. The lowest BCUT2D eigenvalue weighted by atomic mass is 10.2. The number of methoxy groups -OCH3 is 1. The minimum atomic E-state index is -4.57. The van der Waals surface area contributed by atoms with Crippen molar-refractivity contribution in [2.75, 3.05) is 13.7 Å². The van der Waals surface area contributed by atoms with Crippen LogP contribution in [-0.2, 0) is 14.0 Å². The molecule has 0 amide bonds. The fourth-order valence-corrected chi connectivity index (χ4v) is 1.59. The van der Waals surface area contributed by atoms with E-state index in [1.807, 2.05) is 0 Å². The van der Waals surface area contributed by atoms with Crippen molar-refractivity contribution in [3.05, 3.63) is 11.9 Å². The molecule has 1 heterocycles. The monoisotopic (exact) mass is 206 g/mol. The van der Waals surface area contributed by atoms with Gasteiger partial charge in [-0.1, -0.05) is 11.9 Å². The first kappa shape index (κ1) is 10.9. The molecule has 76 valence electrons. The summed E-state index contributed by atoms with van der Waals surface area (Å²) in [4.78, 5) is 20.5. The predicted octanol–water partition coefficient (Wildman–Crippen LogP) is -0.782. The van der Waals surface area contributed by atoms with Crippen LogP contribution in [0.15, 0.2) is 11.9 Å². The van der Waals surface area contributed by atoms with Crippen LogP contribution in [0.2, 0.25) is 0 Å². The molecule has 0 spiro atoms. The Balaban J connectivity index is 2.53. The average molecular weight is 206 g/mol. The first-order valence-electron chi connectivity index (χ1n) is 3.88. The van der Waals surface area contributed by atoms with E-state index in [4.69, 9.17) is 9.47 Å². The maximum absolute atomic E-state index is 10.3. The van der Waals surface area contributed by atoms with Crippen molar-refractivity contribution in [2.45, 2.75) is 18.6 Å². The molecule has 0 radical (unpaired) electrons. The fraction of sp³-hybridized carbons (Fsp3) is 0.714. The van der Waals surface area contributed by atoms with Crippen molar-refractivity contribution in [1.82, 2.24) is 0 Å². The largest absolute Gasteiger partial charge is 0.808 e. The van der Waals surface area contributed by atoms with Crippen LogP contribution in [-0.4, -0.2) is 25.9 Å². The standard InChI is InChI=1S/C7H13O5P/c1-11-6-2-4-12-7(6)3-5-13(8,9)10/h3,5-7H,2,4H2,1H3,(H2,8,9,10)/p-2/b5-3+/t6-,7-/m1/s1. The van der Waals surface area contributed by atoms with E-state index in [0.29, 0.717) is 18.8 Å². The molecule has 13 heavy (non-hydrogen) atoms. The molecule has 0 aromatic carbocycles. The smallest absolute Gasteiger partial charge is 0.102 e. The van der Waals surface area contributed by atoms with Crippen LogP contribution in [0.25, 0.3) is 0 Å². The van der Waals surface area contributed by atoms with Crippen LogP contribution >= 0.6 is 7.60 Å². The van der Waals surface area contributed by atoms with Crippen molar-refractivity contribution in [2.24, 2.45) is 0 Å². The number of ether oxygens (including phenoxy) is 2. The Morgan fingerprint density at radius 1 is 1.62 bits per heavy atom. The third kappa shape index (κ3) is 3.58. The Morgan fingerprint density at radius 2 is 2.31 bits per heavy atom. The average Bonchev–Trinajstić information content (AvgIpc) is 2.46. The highest BCUT2D eigenvalue weighted by Crippen LogP contribution is 2.27. The molecule has 0 saturated carbocycles. The van der Waals surface area contributed by atoms with E-state index >= 15 is 0 Å². The van der Waals surface area contributed by atoms with Gasteiger partial charge >= 0.3 is 0 Å². The van der Waals surface area contributed by atoms with E-state index in [2.05, 4.69) is 0 Å². The highest BCUT2D eigenvalue weighted by molar-refractivity contribution is 7.52. The molecule has 2 atom stereocenters. The van der Waals surface area contributed by atoms with Gasteiger partial charge in [-0.25, -0.2) is 0 Å². The Morgan fingerprint density at radius 3 is 2.85 bits per heavy atom. The summed E-state index contributed by atoms with van der Waals surface area (Å²) in [5.74, 6) is 0.634. The molecule has 1 fully saturated rings. The molecule has 1 aliphatic heterocycles. The van der Waals surface area contributed by atoms with E-state index in [1.165, 1.54) is 13.2 Å². The molecule has 0 aliphatic carbocycles. The highest BCUT2D eigenvalue weighted by atomic mass is 31.2. The minimum absolute atomic E-state index is 0.150. The van der Waals surface area contributed by atoms with Crippen molar-refractivity contribution >= 4 is 7.60 Å². The number of rotatable bonds is 3. The first-order chi connectivity index (χ1) is 6.03. The molecule has 1 aliphatic rings. The van der Waals surface area contributed by atoms with E-state index < -0.39 is 13.7 Å². The lowest BCUT2D eigenvalue weighted by molar-refractivity contribution is -0.308. The molecule has 6 heteroatoms. The van der Waals surface area contributed by atoms with E-state index in [9.17, 15) is 14.4 Å². The molecule has 5 nitrogen and oxygen atoms in total. The van der Waals surface area contributed by atoms with Gasteiger partial charge < -0.3 is 23.8 Å². The molecule has 0 aromatic heterocycles. The van der Waals surface area contributed by atoms with Gasteiger partial charge in [0, 0.05) is 7.11 Å². The van der Waals surface area contributed by atoms with Gasteiger partial charge in [-0.15, -0.1) is 0 Å². The summed E-state index contributed by atoms with van der Waals surface area (Å²) in [6, 6.07) is 0.